The molecule has 0 heterocycles. The first-order valence-electron chi connectivity index (χ1n) is 5.16. The van der Waals surface area contributed by atoms with Crippen LogP contribution < -0.4 is 5.32 Å². The van der Waals surface area contributed by atoms with Crippen LogP contribution in [-0.4, -0.2) is 6.54 Å². The zero-order valence-corrected chi connectivity index (χ0v) is 9.72. The Morgan fingerprint density at radius 2 is 2.07 bits per heavy atom. The zero-order valence-electron chi connectivity index (χ0n) is 8.96. The zero-order chi connectivity index (χ0) is 11.1. The molecule has 0 bridgehead atoms. The van der Waals surface area contributed by atoms with Crippen molar-refractivity contribution >= 4 is 11.6 Å². The molecule has 1 unspecified atom stereocenters. The van der Waals surface area contributed by atoms with Crippen molar-refractivity contribution < 1.29 is 0 Å². The maximum atomic E-state index is 5.82. The molecule has 0 fully saturated rings. The second kappa shape index (κ2) is 6.50. The number of nitrogens with one attached hydrogen (secondary N) is 1. The second-order valence-corrected chi connectivity index (χ2v) is 3.97. The summed E-state index contributed by atoms with van der Waals surface area (Å²) in [4.78, 5) is 0. The van der Waals surface area contributed by atoms with Gasteiger partial charge in [-0.1, -0.05) is 23.7 Å². The smallest absolute Gasteiger partial charge is 0.0406 e. The molecule has 1 atom stereocenters. The van der Waals surface area contributed by atoms with E-state index in [0.717, 1.165) is 24.4 Å². The summed E-state index contributed by atoms with van der Waals surface area (Å²) >= 11 is 5.82. The van der Waals surface area contributed by atoms with Crippen molar-refractivity contribution in [2.75, 3.05) is 6.54 Å². The van der Waals surface area contributed by atoms with Crippen molar-refractivity contribution in [3.8, 4) is 12.3 Å². The third-order valence-corrected chi connectivity index (χ3v) is 2.57. The van der Waals surface area contributed by atoms with Crippen LogP contribution in [0.15, 0.2) is 24.3 Å². The lowest BCUT2D eigenvalue weighted by molar-refractivity contribution is 0.563. The van der Waals surface area contributed by atoms with Crippen LogP contribution in [0.3, 0.4) is 0 Å². The van der Waals surface area contributed by atoms with Gasteiger partial charge in [0.05, 0.1) is 0 Å². The van der Waals surface area contributed by atoms with Crippen molar-refractivity contribution in [3.63, 3.8) is 0 Å². The van der Waals surface area contributed by atoms with Crippen LogP contribution in [0.5, 0.6) is 0 Å². The fraction of sp³-hybridized carbons (Fsp3) is 0.385. The van der Waals surface area contributed by atoms with E-state index in [-0.39, 0.29) is 0 Å². The molecule has 15 heavy (non-hydrogen) atoms. The molecule has 1 aromatic rings. The third kappa shape index (κ3) is 4.38. The Labute approximate surface area is 96.8 Å². The van der Waals surface area contributed by atoms with Crippen molar-refractivity contribution in [2.24, 2.45) is 0 Å². The van der Waals surface area contributed by atoms with Crippen LogP contribution in [0.1, 0.15) is 31.4 Å². The van der Waals surface area contributed by atoms with Gasteiger partial charge in [0.25, 0.3) is 0 Å². The van der Waals surface area contributed by atoms with Gasteiger partial charge < -0.3 is 5.32 Å². The summed E-state index contributed by atoms with van der Waals surface area (Å²) in [6, 6.07) is 8.26. The van der Waals surface area contributed by atoms with Crippen LogP contribution in [0.2, 0.25) is 5.02 Å². The molecule has 1 nitrogen and oxygen atoms in total. The van der Waals surface area contributed by atoms with E-state index in [4.69, 9.17) is 18.0 Å². The molecule has 0 saturated heterocycles. The first-order chi connectivity index (χ1) is 7.24. The van der Waals surface area contributed by atoms with Crippen LogP contribution in [0, 0.1) is 12.3 Å². The third-order valence-electron chi connectivity index (χ3n) is 2.32. The lowest BCUT2D eigenvalue weighted by atomic mass is 10.1. The van der Waals surface area contributed by atoms with Crippen molar-refractivity contribution in [1.82, 2.24) is 5.32 Å². The maximum absolute atomic E-state index is 5.82. The van der Waals surface area contributed by atoms with E-state index in [0.29, 0.717) is 6.04 Å². The summed E-state index contributed by atoms with van der Waals surface area (Å²) in [6.45, 7) is 3.09. The van der Waals surface area contributed by atoms with Crippen LogP contribution in [0.4, 0.5) is 0 Å². The van der Waals surface area contributed by atoms with Gasteiger partial charge in [0.1, 0.15) is 0 Å². The highest BCUT2D eigenvalue weighted by Gasteiger charge is 2.03. The van der Waals surface area contributed by atoms with E-state index >= 15 is 0 Å². The molecular formula is C13H16ClN. The molecule has 1 N–H and O–H groups in total. The molecule has 0 aromatic heterocycles. The van der Waals surface area contributed by atoms with Gasteiger partial charge in [-0.25, -0.2) is 0 Å². The Kier molecular flexibility index (Phi) is 5.25. The predicted octanol–water partition coefficient (Wildman–Crippen LogP) is 3.40. The fourth-order valence-corrected chi connectivity index (χ4v) is 1.50. The number of benzene rings is 1. The Balaban J connectivity index is 2.37. The van der Waals surface area contributed by atoms with Gasteiger partial charge in [0.2, 0.25) is 0 Å². The molecule has 0 saturated carbocycles. The summed E-state index contributed by atoms with van der Waals surface area (Å²) in [5, 5.41) is 4.19. The average Bonchev–Trinajstić information content (AvgIpc) is 2.25. The molecule has 1 rings (SSSR count). The van der Waals surface area contributed by atoms with E-state index in [9.17, 15) is 0 Å². The molecule has 0 amide bonds. The Hall–Kier alpha value is -0.970. The number of hydrogen-bond donors (Lipinski definition) is 1. The van der Waals surface area contributed by atoms with Gasteiger partial charge >= 0.3 is 0 Å². The van der Waals surface area contributed by atoms with E-state index in [2.05, 4.69) is 18.2 Å². The van der Waals surface area contributed by atoms with Gasteiger partial charge in [0, 0.05) is 17.5 Å². The number of halogens is 1. The van der Waals surface area contributed by atoms with E-state index in [1.165, 1.54) is 5.56 Å². The number of terminal acetylenes is 1. The summed E-state index contributed by atoms with van der Waals surface area (Å²) in [5.74, 6) is 2.63. The highest BCUT2D eigenvalue weighted by molar-refractivity contribution is 6.30. The number of rotatable bonds is 5. The summed E-state index contributed by atoms with van der Waals surface area (Å²) in [5.41, 5.74) is 1.25. The van der Waals surface area contributed by atoms with Gasteiger partial charge in [0.15, 0.2) is 0 Å². The van der Waals surface area contributed by atoms with E-state index in [1.807, 2.05) is 24.3 Å². The minimum Gasteiger partial charge on any atom is -0.310 e. The molecule has 0 spiro atoms. The topological polar surface area (TPSA) is 12.0 Å². The standard InChI is InChI=1S/C13H16ClN/c1-3-4-5-10-15-11(2)12-6-8-13(14)9-7-12/h1,6-9,11,15H,4-5,10H2,2H3. The average molecular weight is 222 g/mol. The minimum atomic E-state index is 0.347. The highest BCUT2D eigenvalue weighted by atomic mass is 35.5. The molecule has 0 aliphatic carbocycles. The molecule has 2 heteroatoms. The van der Waals surface area contributed by atoms with Gasteiger partial charge in [-0.3, -0.25) is 0 Å². The van der Waals surface area contributed by atoms with Gasteiger partial charge in [-0.15, -0.1) is 12.3 Å². The van der Waals surface area contributed by atoms with Crippen LogP contribution in [0.25, 0.3) is 0 Å². The Morgan fingerprint density at radius 1 is 1.40 bits per heavy atom. The van der Waals surface area contributed by atoms with Crippen molar-refractivity contribution in [2.45, 2.75) is 25.8 Å². The second-order valence-electron chi connectivity index (χ2n) is 3.54. The molecule has 0 aliphatic rings. The Bertz CT molecular complexity index is 323. The highest BCUT2D eigenvalue weighted by Crippen LogP contribution is 2.15. The van der Waals surface area contributed by atoms with Crippen molar-refractivity contribution in [1.29, 1.82) is 0 Å². The molecule has 1 aromatic carbocycles. The predicted molar refractivity (Wildman–Crippen MR) is 65.9 cm³/mol. The largest absolute Gasteiger partial charge is 0.310 e. The van der Waals surface area contributed by atoms with Crippen LogP contribution in [-0.2, 0) is 0 Å². The normalized spacial score (nSPS) is 12.1. The SMILES string of the molecule is C#CCCCNC(C)c1ccc(Cl)cc1. The lowest BCUT2D eigenvalue weighted by Gasteiger charge is -2.13. The molecule has 0 aliphatic heterocycles. The fourth-order valence-electron chi connectivity index (χ4n) is 1.38. The Morgan fingerprint density at radius 3 is 2.67 bits per heavy atom. The van der Waals surface area contributed by atoms with E-state index < -0.39 is 0 Å². The quantitative estimate of drug-likeness (QED) is 0.594. The monoisotopic (exact) mass is 221 g/mol. The molecule has 0 radical (unpaired) electrons. The van der Waals surface area contributed by atoms with Gasteiger partial charge in [-0.05, 0) is 37.6 Å². The first-order valence-corrected chi connectivity index (χ1v) is 5.54. The molecule has 80 valence electrons. The lowest BCUT2D eigenvalue weighted by Crippen LogP contribution is -2.19. The van der Waals surface area contributed by atoms with Gasteiger partial charge in [-0.2, -0.15) is 0 Å². The summed E-state index contributed by atoms with van der Waals surface area (Å²) in [7, 11) is 0. The summed E-state index contributed by atoms with van der Waals surface area (Å²) in [6.07, 6.45) is 7.04. The van der Waals surface area contributed by atoms with Crippen LogP contribution >= 0.6 is 11.6 Å². The first kappa shape index (κ1) is 12.1. The number of hydrogen-bond acceptors (Lipinski definition) is 1. The summed E-state index contributed by atoms with van der Waals surface area (Å²) < 4.78 is 0. The minimum absolute atomic E-state index is 0.347. The maximum Gasteiger partial charge on any atom is 0.0406 e. The molecular weight excluding hydrogens is 206 g/mol. The number of unbranched alkanes of at least 4 members (excludes halogenated alkanes) is 1. The van der Waals surface area contributed by atoms with E-state index in [1.54, 1.807) is 0 Å². The van der Waals surface area contributed by atoms with Crippen molar-refractivity contribution in [3.05, 3.63) is 34.9 Å².